The molecule has 178 valence electrons. The lowest BCUT2D eigenvalue weighted by Gasteiger charge is -2.31. The molecule has 1 amide bonds. The number of piperidine rings is 1. The molecular formula is C26H27FN2O4S. The van der Waals surface area contributed by atoms with E-state index in [0.717, 1.165) is 11.1 Å². The molecule has 1 aliphatic rings. The van der Waals surface area contributed by atoms with Gasteiger partial charge in [0, 0.05) is 19.6 Å². The summed E-state index contributed by atoms with van der Waals surface area (Å²) < 4.78 is 45.9. The second-order valence-corrected chi connectivity index (χ2v) is 10.2. The smallest absolute Gasteiger partial charge is 0.243 e. The number of carbonyl (C=O) groups is 1. The van der Waals surface area contributed by atoms with Crippen LogP contribution in [0.2, 0.25) is 0 Å². The highest BCUT2D eigenvalue weighted by molar-refractivity contribution is 7.89. The Bertz CT molecular complexity index is 1200. The van der Waals surface area contributed by atoms with E-state index in [4.69, 9.17) is 4.74 Å². The molecule has 3 aromatic rings. The van der Waals surface area contributed by atoms with E-state index in [1.54, 1.807) is 42.5 Å². The minimum Gasteiger partial charge on any atom is -0.489 e. The van der Waals surface area contributed by atoms with Crippen molar-refractivity contribution in [2.24, 2.45) is 5.92 Å². The van der Waals surface area contributed by atoms with Gasteiger partial charge in [0.1, 0.15) is 18.2 Å². The van der Waals surface area contributed by atoms with Gasteiger partial charge in [-0.2, -0.15) is 4.31 Å². The normalized spacial score (nSPS) is 16.7. The number of hydrogen-bond acceptors (Lipinski definition) is 4. The van der Waals surface area contributed by atoms with Crippen LogP contribution in [0.3, 0.4) is 0 Å². The Kier molecular flexibility index (Phi) is 7.59. The highest BCUT2D eigenvalue weighted by atomic mass is 32.2. The Morgan fingerprint density at radius 1 is 0.971 bits per heavy atom. The molecule has 1 fully saturated rings. The molecule has 0 unspecified atom stereocenters. The standard InChI is InChI=1S/C26H27FN2O4S/c27-23-12-8-21(9-13-23)19-33-24-14-10-20(11-15-24)17-28-26(30)22-5-4-16-29(18-22)34(31,32)25-6-2-1-3-7-25/h1-3,6-15,22H,4-5,16-19H2,(H,28,30)/t22-/m1/s1. The molecule has 0 bridgehead atoms. The second-order valence-electron chi connectivity index (χ2n) is 8.29. The topological polar surface area (TPSA) is 75.7 Å². The number of benzene rings is 3. The Hall–Kier alpha value is -3.23. The van der Waals surface area contributed by atoms with Crippen LogP contribution in [0.5, 0.6) is 5.75 Å². The van der Waals surface area contributed by atoms with E-state index in [0.29, 0.717) is 38.3 Å². The summed E-state index contributed by atoms with van der Waals surface area (Å²) >= 11 is 0. The maximum Gasteiger partial charge on any atom is 0.243 e. The zero-order valence-electron chi connectivity index (χ0n) is 18.7. The lowest BCUT2D eigenvalue weighted by Crippen LogP contribution is -2.45. The van der Waals surface area contributed by atoms with Crippen molar-refractivity contribution in [3.63, 3.8) is 0 Å². The molecule has 8 heteroatoms. The molecule has 34 heavy (non-hydrogen) atoms. The number of carbonyl (C=O) groups excluding carboxylic acids is 1. The van der Waals surface area contributed by atoms with Gasteiger partial charge in [-0.05, 0) is 60.4 Å². The van der Waals surface area contributed by atoms with Gasteiger partial charge in [0.05, 0.1) is 10.8 Å². The van der Waals surface area contributed by atoms with Gasteiger partial charge in [0.2, 0.25) is 15.9 Å². The van der Waals surface area contributed by atoms with Crippen LogP contribution < -0.4 is 10.1 Å². The number of rotatable bonds is 8. The summed E-state index contributed by atoms with van der Waals surface area (Å²) in [6.07, 6.45) is 1.30. The van der Waals surface area contributed by atoms with E-state index in [9.17, 15) is 17.6 Å². The number of halogens is 1. The van der Waals surface area contributed by atoms with Crippen LogP contribution >= 0.6 is 0 Å². The molecule has 3 aromatic carbocycles. The SMILES string of the molecule is O=C(NCc1ccc(OCc2ccc(F)cc2)cc1)[C@@H]1CCCN(S(=O)(=O)c2ccccc2)C1. The molecule has 1 saturated heterocycles. The quantitative estimate of drug-likeness (QED) is 0.524. The average Bonchev–Trinajstić information content (AvgIpc) is 2.88. The van der Waals surface area contributed by atoms with Crippen molar-refractivity contribution in [1.82, 2.24) is 9.62 Å². The summed E-state index contributed by atoms with van der Waals surface area (Å²) in [6.45, 7) is 1.28. The second kappa shape index (κ2) is 10.8. The zero-order chi connectivity index (χ0) is 24.0. The van der Waals surface area contributed by atoms with Crippen molar-refractivity contribution in [2.45, 2.75) is 30.9 Å². The first-order valence-corrected chi connectivity index (χ1v) is 12.6. The molecule has 0 radical (unpaired) electrons. The molecule has 1 aliphatic heterocycles. The molecule has 1 atom stereocenters. The molecule has 0 saturated carbocycles. The van der Waals surface area contributed by atoms with E-state index in [1.807, 2.05) is 24.3 Å². The van der Waals surface area contributed by atoms with E-state index >= 15 is 0 Å². The van der Waals surface area contributed by atoms with E-state index < -0.39 is 10.0 Å². The van der Waals surface area contributed by atoms with Gasteiger partial charge in [-0.1, -0.05) is 42.5 Å². The number of nitrogens with zero attached hydrogens (tertiary/aromatic N) is 1. The minimum atomic E-state index is -3.61. The van der Waals surface area contributed by atoms with Gasteiger partial charge in [-0.15, -0.1) is 0 Å². The first-order chi connectivity index (χ1) is 16.4. The van der Waals surface area contributed by atoms with E-state index in [1.165, 1.54) is 16.4 Å². The van der Waals surface area contributed by atoms with Crippen molar-refractivity contribution < 1.29 is 22.3 Å². The van der Waals surface area contributed by atoms with Crippen molar-refractivity contribution >= 4 is 15.9 Å². The number of nitrogens with one attached hydrogen (secondary N) is 1. The molecule has 0 aliphatic carbocycles. The van der Waals surface area contributed by atoms with Gasteiger partial charge in [-0.25, -0.2) is 12.8 Å². The van der Waals surface area contributed by atoms with Crippen molar-refractivity contribution in [3.05, 3.63) is 95.8 Å². The first kappa shape index (κ1) is 23.9. The van der Waals surface area contributed by atoms with Crippen molar-refractivity contribution in [3.8, 4) is 5.75 Å². The highest BCUT2D eigenvalue weighted by Gasteiger charge is 2.33. The maximum absolute atomic E-state index is 13.0. The molecular weight excluding hydrogens is 455 g/mol. The molecule has 1 heterocycles. The summed E-state index contributed by atoms with van der Waals surface area (Å²) in [5, 5.41) is 2.93. The maximum atomic E-state index is 13.0. The number of sulfonamides is 1. The minimum absolute atomic E-state index is 0.149. The summed E-state index contributed by atoms with van der Waals surface area (Å²) in [6, 6.07) is 21.8. The van der Waals surface area contributed by atoms with Crippen LogP contribution in [-0.4, -0.2) is 31.7 Å². The first-order valence-electron chi connectivity index (χ1n) is 11.2. The number of amides is 1. The lowest BCUT2D eigenvalue weighted by molar-refractivity contribution is -0.126. The fourth-order valence-corrected chi connectivity index (χ4v) is 5.45. The summed E-state index contributed by atoms with van der Waals surface area (Å²) in [4.78, 5) is 13.0. The van der Waals surface area contributed by atoms with Crippen LogP contribution in [0.4, 0.5) is 4.39 Å². The van der Waals surface area contributed by atoms with E-state index in [-0.39, 0.29) is 29.1 Å². The Morgan fingerprint density at radius 2 is 1.65 bits per heavy atom. The largest absolute Gasteiger partial charge is 0.489 e. The van der Waals surface area contributed by atoms with Gasteiger partial charge >= 0.3 is 0 Å². The van der Waals surface area contributed by atoms with Crippen LogP contribution in [0, 0.1) is 11.7 Å². The predicted octanol–water partition coefficient (Wildman–Crippen LogP) is 4.12. The van der Waals surface area contributed by atoms with Gasteiger partial charge in [-0.3, -0.25) is 4.79 Å². The van der Waals surface area contributed by atoms with Crippen molar-refractivity contribution in [1.29, 1.82) is 0 Å². The zero-order valence-corrected chi connectivity index (χ0v) is 19.5. The third-order valence-electron chi connectivity index (χ3n) is 5.84. The van der Waals surface area contributed by atoms with Gasteiger partial charge in [0.15, 0.2) is 0 Å². The Balaban J connectivity index is 1.28. The third-order valence-corrected chi connectivity index (χ3v) is 7.72. The fourth-order valence-electron chi connectivity index (χ4n) is 3.90. The third kappa shape index (κ3) is 6.01. The summed E-state index contributed by atoms with van der Waals surface area (Å²) in [5.41, 5.74) is 1.78. The average molecular weight is 483 g/mol. The summed E-state index contributed by atoms with van der Waals surface area (Å²) in [5.74, 6) is -0.141. The summed E-state index contributed by atoms with van der Waals surface area (Å²) in [7, 11) is -3.61. The van der Waals surface area contributed by atoms with E-state index in [2.05, 4.69) is 5.32 Å². The Morgan fingerprint density at radius 3 is 2.35 bits per heavy atom. The lowest BCUT2D eigenvalue weighted by atomic mass is 9.99. The van der Waals surface area contributed by atoms with Crippen molar-refractivity contribution in [2.75, 3.05) is 13.1 Å². The number of hydrogen-bond donors (Lipinski definition) is 1. The highest BCUT2D eigenvalue weighted by Crippen LogP contribution is 2.24. The molecule has 0 aromatic heterocycles. The van der Waals surface area contributed by atoms with Crippen LogP contribution in [-0.2, 0) is 28.0 Å². The van der Waals surface area contributed by atoms with Crippen LogP contribution in [0.1, 0.15) is 24.0 Å². The monoisotopic (exact) mass is 482 g/mol. The van der Waals surface area contributed by atoms with Crippen LogP contribution in [0.15, 0.2) is 83.8 Å². The molecule has 6 nitrogen and oxygen atoms in total. The Labute approximate surface area is 199 Å². The van der Waals surface area contributed by atoms with Gasteiger partial charge in [0.25, 0.3) is 0 Å². The number of ether oxygens (including phenoxy) is 1. The molecule has 0 spiro atoms. The molecule has 1 N–H and O–H groups in total. The predicted molar refractivity (Wildman–Crippen MR) is 127 cm³/mol. The van der Waals surface area contributed by atoms with Crippen LogP contribution in [0.25, 0.3) is 0 Å². The fraction of sp³-hybridized carbons (Fsp3) is 0.269. The molecule has 4 rings (SSSR count). The van der Waals surface area contributed by atoms with Gasteiger partial charge < -0.3 is 10.1 Å².